The minimum atomic E-state index is -0.148. The van der Waals surface area contributed by atoms with Crippen molar-refractivity contribution in [1.82, 2.24) is 5.32 Å². The fraction of sp³-hybridized carbons (Fsp3) is 0.625. The van der Waals surface area contributed by atoms with Crippen LogP contribution in [0.1, 0.15) is 39.0 Å². The van der Waals surface area contributed by atoms with Crippen LogP contribution >= 0.6 is 0 Å². The molecule has 1 aromatic carbocycles. The highest BCUT2D eigenvalue weighted by molar-refractivity contribution is 5.46. The van der Waals surface area contributed by atoms with Crippen LogP contribution < -0.4 is 10.2 Å². The summed E-state index contributed by atoms with van der Waals surface area (Å²) >= 11 is 0. The van der Waals surface area contributed by atoms with Gasteiger partial charge in [0.2, 0.25) is 0 Å². The Hall–Kier alpha value is -1.09. The molecule has 3 heteroatoms. The second-order valence-corrected chi connectivity index (χ2v) is 5.35. The van der Waals surface area contributed by atoms with Crippen molar-refractivity contribution in [2.45, 2.75) is 45.1 Å². The van der Waals surface area contributed by atoms with Gasteiger partial charge in [-0.05, 0) is 57.4 Å². The van der Waals surface area contributed by atoms with E-state index >= 15 is 0 Å². The maximum atomic E-state index is 13.2. The lowest BCUT2D eigenvalue weighted by molar-refractivity contribution is 0.376. The van der Waals surface area contributed by atoms with E-state index in [9.17, 15) is 4.39 Å². The normalized spacial score (nSPS) is 19.4. The lowest BCUT2D eigenvalue weighted by atomic mass is 10.0. The SMILES string of the molecule is CCN(CCCC1CCCCN1)c1cccc(F)c1. The standard InChI is InChI=1S/C16H25FN2/c1-2-19(16-10-5-7-14(17)13-16)12-6-9-15-8-3-4-11-18-15/h5,7,10,13,15,18H,2-4,6,8-9,11-12H2,1H3. The van der Waals surface area contributed by atoms with Crippen LogP contribution in [-0.4, -0.2) is 25.7 Å². The van der Waals surface area contributed by atoms with E-state index in [4.69, 9.17) is 0 Å². The van der Waals surface area contributed by atoms with Crippen molar-refractivity contribution >= 4 is 5.69 Å². The molecule has 2 nitrogen and oxygen atoms in total. The van der Waals surface area contributed by atoms with Gasteiger partial charge in [0.1, 0.15) is 5.82 Å². The van der Waals surface area contributed by atoms with Crippen LogP contribution in [-0.2, 0) is 0 Å². The predicted molar refractivity (Wildman–Crippen MR) is 79.2 cm³/mol. The molecule has 1 heterocycles. The molecule has 0 amide bonds. The molecule has 0 aliphatic carbocycles. The smallest absolute Gasteiger partial charge is 0.125 e. The monoisotopic (exact) mass is 264 g/mol. The Balaban J connectivity index is 1.79. The highest BCUT2D eigenvalue weighted by atomic mass is 19.1. The molecule has 19 heavy (non-hydrogen) atoms. The van der Waals surface area contributed by atoms with E-state index in [1.54, 1.807) is 12.1 Å². The molecular weight excluding hydrogens is 239 g/mol. The van der Waals surface area contributed by atoms with Gasteiger partial charge in [-0.1, -0.05) is 12.5 Å². The molecule has 2 rings (SSSR count). The summed E-state index contributed by atoms with van der Waals surface area (Å²) in [5.41, 5.74) is 0.999. The minimum Gasteiger partial charge on any atom is -0.372 e. The number of anilines is 1. The van der Waals surface area contributed by atoms with Gasteiger partial charge in [0.05, 0.1) is 0 Å². The van der Waals surface area contributed by atoms with Crippen molar-refractivity contribution in [2.24, 2.45) is 0 Å². The Bertz CT molecular complexity index is 375. The Morgan fingerprint density at radius 2 is 2.26 bits per heavy atom. The fourth-order valence-electron chi connectivity index (χ4n) is 2.84. The third-order valence-electron chi connectivity index (χ3n) is 3.95. The summed E-state index contributed by atoms with van der Waals surface area (Å²) in [7, 11) is 0. The molecule has 1 unspecified atom stereocenters. The Morgan fingerprint density at radius 1 is 1.37 bits per heavy atom. The fourth-order valence-corrected chi connectivity index (χ4v) is 2.84. The number of hydrogen-bond donors (Lipinski definition) is 1. The third kappa shape index (κ3) is 4.50. The van der Waals surface area contributed by atoms with Crippen molar-refractivity contribution in [3.63, 3.8) is 0 Å². The van der Waals surface area contributed by atoms with Gasteiger partial charge in [-0.3, -0.25) is 0 Å². The quantitative estimate of drug-likeness (QED) is 0.845. The summed E-state index contributed by atoms with van der Waals surface area (Å²) in [5, 5.41) is 3.58. The van der Waals surface area contributed by atoms with Crippen molar-refractivity contribution in [3.8, 4) is 0 Å². The molecule has 0 saturated carbocycles. The molecule has 0 bridgehead atoms. The average molecular weight is 264 g/mol. The number of piperidine rings is 1. The Kier molecular flexibility index (Phi) is 5.64. The number of rotatable bonds is 6. The Morgan fingerprint density at radius 3 is 2.95 bits per heavy atom. The van der Waals surface area contributed by atoms with E-state index in [1.165, 1.54) is 44.7 Å². The highest BCUT2D eigenvalue weighted by Gasteiger charge is 2.12. The summed E-state index contributed by atoms with van der Waals surface area (Å²) in [5.74, 6) is -0.148. The lowest BCUT2D eigenvalue weighted by Crippen LogP contribution is -2.35. The third-order valence-corrected chi connectivity index (χ3v) is 3.95. The van der Waals surface area contributed by atoms with Crippen LogP contribution in [0.2, 0.25) is 0 Å². The molecule has 0 aromatic heterocycles. The summed E-state index contributed by atoms with van der Waals surface area (Å²) < 4.78 is 13.2. The van der Waals surface area contributed by atoms with E-state index in [-0.39, 0.29) is 5.82 Å². The van der Waals surface area contributed by atoms with Crippen LogP contribution in [0.5, 0.6) is 0 Å². The van der Waals surface area contributed by atoms with Gasteiger partial charge < -0.3 is 10.2 Å². The highest BCUT2D eigenvalue weighted by Crippen LogP contribution is 2.17. The zero-order valence-corrected chi connectivity index (χ0v) is 11.9. The first-order valence-electron chi connectivity index (χ1n) is 7.53. The van der Waals surface area contributed by atoms with Gasteiger partial charge in [0, 0.05) is 24.8 Å². The van der Waals surface area contributed by atoms with Crippen molar-refractivity contribution in [3.05, 3.63) is 30.1 Å². The van der Waals surface area contributed by atoms with Gasteiger partial charge >= 0.3 is 0 Å². The summed E-state index contributed by atoms with van der Waals surface area (Å²) in [6, 6.07) is 7.60. The Labute approximate surface area is 116 Å². The van der Waals surface area contributed by atoms with Crippen LogP contribution in [0.4, 0.5) is 10.1 Å². The first kappa shape index (κ1) is 14.3. The number of nitrogens with zero attached hydrogens (tertiary/aromatic N) is 1. The molecule has 1 N–H and O–H groups in total. The molecule has 1 saturated heterocycles. The molecule has 1 aliphatic rings. The summed E-state index contributed by atoms with van der Waals surface area (Å²) in [4.78, 5) is 2.26. The second-order valence-electron chi connectivity index (χ2n) is 5.35. The molecule has 1 fully saturated rings. The van der Waals surface area contributed by atoms with Gasteiger partial charge in [-0.2, -0.15) is 0 Å². The van der Waals surface area contributed by atoms with Crippen molar-refractivity contribution in [1.29, 1.82) is 0 Å². The molecule has 1 atom stereocenters. The molecule has 1 aromatic rings. The molecule has 0 spiro atoms. The second kappa shape index (κ2) is 7.49. The summed E-state index contributed by atoms with van der Waals surface area (Å²) in [6.45, 7) is 5.25. The minimum absolute atomic E-state index is 0.148. The van der Waals surface area contributed by atoms with Crippen LogP contribution in [0.25, 0.3) is 0 Å². The zero-order valence-electron chi connectivity index (χ0n) is 11.9. The van der Waals surface area contributed by atoms with E-state index in [1.807, 2.05) is 6.07 Å². The van der Waals surface area contributed by atoms with Crippen LogP contribution in [0, 0.1) is 5.82 Å². The van der Waals surface area contributed by atoms with E-state index in [2.05, 4.69) is 17.1 Å². The number of nitrogens with one attached hydrogen (secondary N) is 1. The molecule has 1 aliphatic heterocycles. The largest absolute Gasteiger partial charge is 0.372 e. The first-order valence-corrected chi connectivity index (χ1v) is 7.53. The first-order chi connectivity index (χ1) is 9.29. The predicted octanol–water partition coefficient (Wildman–Crippen LogP) is 3.57. The summed E-state index contributed by atoms with van der Waals surface area (Å²) in [6.07, 6.45) is 6.39. The number of halogens is 1. The van der Waals surface area contributed by atoms with Crippen LogP contribution in [0.3, 0.4) is 0 Å². The molecular formula is C16H25FN2. The van der Waals surface area contributed by atoms with Gasteiger partial charge in [-0.25, -0.2) is 4.39 Å². The zero-order chi connectivity index (χ0) is 13.5. The topological polar surface area (TPSA) is 15.3 Å². The van der Waals surface area contributed by atoms with E-state index in [0.717, 1.165) is 18.8 Å². The number of hydrogen-bond acceptors (Lipinski definition) is 2. The van der Waals surface area contributed by atoms with Gasteiger partial charge in [-0.15, -0.1) is 0 Å². The molecule has 0 radical (unpaired) electrons. The average Bonchev–Trinajstić information content (AvgIpc) is 2.45. The van der Waals surface area contributed by atoms with E-state index in [0.29, 0.717) is 6.04 Å². The lowest BCUT2D eigenvalue weighted by Gasteiger charge is -2.26. The van der Waals surface area contributed by atoms with E-state index < -0.39 is 0 Å². The maximum Gasteiger partial charge on any atom is 0.125 e. The van der Waals surface area contributed by atoms with Gasteiger partial charge in [0.15, 0.2) is 0 Å². The van der Waals surface area contributed by atoms with Crippen molar-refractivity contribution in [2.75, 3.05) is 24.5 Å². The molecule has 106 valence electrons. The van der Waals surface area contributed by atoms with Gasteiger partial charge in [0.25, 0.3) is 0 Å². The van der Waals surface area contributed by atoms with Crippen molar-refractivity contribution < 1.29 is 4.39 Å². The maximum absolute atomic E-state index is 13.2. The number of benzene rings is 1. The van der Waals surface area contributed by atoms with Crippen LogP contribution in [0.15, 0.2) is 24.3 Å².